The molecular weight excluding hydrogens is 1090 g/mol. The molecule has 0 saturated carbocycles. The summed E-state index contributed by atoms with van der Waals surface area (Å²) in [6.45, 7) is 4.11. The number of amides is 1. The monoisotopic (exact) mass is 1230 g/mol. The summed E-state index contributed by atoms with van der Waals surface area (Å²) < 4.78 is 16.7. The zero-order chi connectivity index (χ0) is 63.0. The lowest BCUT2D eigenvalue weighted by atomic mass is 9.99. The average molecular weight is 1230 g/mol. The molecule has 11 nitrogen and oxygen atoms in total. The van der Waals surface area contributed by atoms with Crippen molar-refractivity contribution in [2.24, 2.45) is 0 Å². The van der Waals surface area contributed by atoms with E-state index in [0.29, 0.717) is 19.4 Å². The van der Waals surface area contributed by atoms with Gasteiger partial charge in [0.05, 0.1) is 32.0 Å². The van der Waals surface area contributed by atoms with Crippen LogP contribution in [0.15, 0.2) is 60.8 Å². The molecule has 1 saturated heterocycles. The second kappa shape index (κ2) is 64.9. The number of esters is 1. The van der Waals surface area contributed by atoms with E-state index in [1.54, 1.807) is 6.08 Å². The number of unbranched alkanes of at least 4 members (excludes halogenated alkanes) is 44. The molecule has 6 N–H and O–H groups in total. The van der Waals surface area contributed by atoms with Crippen molar-refractivity contribution in [2.75, 3.05) is 19.8 Å². The van der Waals surface area contributed by atoms with Crippen molar-refractivity contribution in [2.45, 2.75) is 391 Å². The molecule has 0 aromatic heterocycles. The van der Waals surface area contributed by atoms with Gasteiger partial charge in [-0.1, -0.05) is 292 Å². The zero-order valence-electron chi connectivity index (χ0n) is 56.5. The first kappa shape index (κ1) is 82.4. The van der Waals surface area contributed by atoms with Crippen LogP contribution in [0.4, 0.5) is 0 Å². The lowest BCUT2D eigenvalue weighted by molar-refractivity contribution is -0.302. The lowest BCUT2D eigenvalue weighted by Crippen LogP contribution is -2.60. The van der Waals surface area contributed by atoms with E-state index in [1.165, 1.54) is 257 Å². The summed E-state index contributed by atoms with van der Waals surface area (Å²) >= 11 is 0. The molecule has 1 rings (SSSR count). The summed E-state index contributed by atoms with van der Waals surface area (Å²) in [5.74, 6) is -0.189. The van der Waals surface area contributed by atoms with E-state index < -0.39 is 49.5 Å². The van der Waals surface area contributed by atoms with Crippen LogP contribution in [-0.2, 0) is 23.8 Å². The van der Waals surface area contributed by atoms with E-state index in [-0.39, 0.29) is 18.5 Å². The minimum Gasteiger partial charge on any atom is -0.466 e. The Morgan fingerprint density at radius 3 is 1.21 bits per heavy atom. The molecule has 0 bridgehead atoms. The maximum atomic E-state index is 13.0. The third-order valence-electron chi connectivity index (χ3n) is 17.4. The Labute approximate surface area is 535 Å². The third kappa shape index (κ3) is 53.7. The van der Waals surface area contributed by atoms with Crippen LogP contribution in [0.3, 0.4) is 0 Å². The molecule has 11 heteroatoms. The Morgan fingerprint density at radius 1 is 0.437 bits per heavy atom. The molecule has 0 aliphatic carbocycles. The number of aliphatic hydroxyl groups excluding tert-OH is 5. The molecule has 0 spiro atoms. The Hall–Kier alpha value is -2.64. The van der Waals surface area contributed by atoms with Crippen LogP contribution < -0.4 is 5.32 Å². The Morgan fingerprint density at radius 2 is 0.793 bits per heavy atom. The molecule has 1 heterocycles. The van der Waals surface area contributed by atoms with E-state index in [4.69, 9.17) is 14.2 Å². The summed E-state index contributed by atoms with van der Waals surface area (Å²) in [6.07, 6.45) is 77.0. The van der Waals surface area contributed by atoms with Crippen LogP contribution in [0.25, 0.3) is 0 Å². The SMILES string of the molecule is C/C=C/CC/C=C/CC/C=C/C(O)C(COC1OC(CO)C(O)C(O)C1O)NC(=O)CCCCCCCCCCCCCCCCCC/C=C\CCCCCCCCCCCCCCOC(=O)CCCCCCCCC/C=C\CCCCCCCCC. The summed E-state index contributed by atoms with van der Waals surface area (Å²) in [5, 5.41) is 54.2. The number of carbonyl (C=O) groups excluding carboxylic acids is 2. The second-order valence-corrected chi connectivity index (χ2v) is 25.6. The number of hydrogen-bond acceptors (Lipinski definition) is 10. The predicted octanol–water partition coefficient (Wildman–Crippen LogP) is 19.3. The highest BCUT2D eigenvalue weighted by Gasteiger charge is 2.44. The van der Waals surface area contributed by atoms with Crippen LogP contribution in [0.2, 0.25) is 0 Å². The van der Waals surface area contributed by atoms with Crippen molar-refractivity contribution in [1.82, 2.24) is 5.32 Å². The van der Waals surface area contributed by atoms with Crippen molar-refractivity contribution in [3.8, 4) is 0 Å². The molecule has 508 valence electrons. The standard InChI is InChI=1S/C76H139NO10/c1-3-5-7-9-11-13-14-15-16-17-35-38-41-44-48-52-56-60-64-72(81)85-65-61-57-53-49-45-42-39-36-33-31-29-27-25-23-21-19-18-20-22-24-26-28-30-32-34-37-40-43-47-51-55-59-63-71(80)77-68(69(79)62-58-54-50-46-12-10-8-6-4-2)67-86-76-75(84)74(83)73(82)70(66-78)87-76/h4,6,12,16-17,21,23,46,58,62,68-70,73-76,78-79,82-84H,3,5,7-11,13-15,18-20,22,24-45,47-57,59-61,63-67H2,1-2H3,(H,77,80)/b6-4+,17-16-,23-21-,46-12+,62-58+. The molecule has 87 heavy (non-hydrogen) atoms. The van der Waals surface area contributed by atoms with E-state index in [1.807, 2.05) is 19.1 Å². The normalized spacial score (nSPS) is 18.2. The van der Waals surface area contributed by atoms with E-state index in [9.17, 15) is 35.1 Å². The van der Waals surface area contributed by atoms with Gasteiger partial charge in [-0.05, 0) is 103 Å². The lowest BCUT2D eigenvalue weighted by Gasteiger charge is -2.40. The van der Waals surface area contributed by atoms with E-state index in [0.717, 1.165) is 64.2 Å². The summed E-state index contributed by atoms with van der Waals surface area (Å²) in [5.41, 5.74) is 0. The van der Waals surface area contributed by atoms with Crippen molar-refractivity contribution >= 4 is 11.9 Å². The number of rotatable bonds is 65. The van der Waals surface area contributed by atoms with Crippen LogP contribution in [0, 0.1) is 0 Å². The minimum atomic E-state index is -1.58. The van der Waals surface area contributed by atoms with Gasteiger partial charge < -0.3 is 45.1 Å². The molecule has 1 aliphatic heterocycles. The van der Waals surface area contributed by atoms with Crippen LogP contribution in [-0.4, -0.2) is 100 Å². The van der Waals surface area contributed by atoms with Crippen LogP contribution in [0.1, 0.15) is 348 Å². The van der Waals surface area contributed by atoms with Crippen molar-refractivity contribution in [3.63, 3.8) is 0 Å². The van der Waals surface area contributed by atoms with E-state index in [2.05, 4.69) is 54.8 Å². The van der Waals surface area contributed by atoms with Crippen LogP contribution in [0.5, 0.6) is 0 Å². The van der Waals surface area contributed by atoms with Crippen molar-refractivity contribution < 1.29 is 49.3 Å². The number of hydrogen-bond donors (Lipinski definition) is 6. The molecule has 7 atom stereocenters. The predicted molar refractivity (Wildman–Crippen MR) is 366 cm³/mol. The molecule has 0 aromatic rings. The minimum absolute atomic E-state index is 0.00729. The first-order chi connectivity index (χ1) is 42.7. The number of nitrogens with one attached hydrogen (secondary N) is 1. The van der Waals surface area contributed by atoms with Gasteiger partial charge in [0.25, 0.3) is 0 Å². The van der Waals surface area contributed by atoms with Gasteiger partial charge in [-0.2, -0.15) is 0 Å². The highest BCUT2D eigenvalue weighted by molar-refractivity contribution is 5.76. The van der Waals surface area contributed by atoms with Gasteiger partial charge in [0.2, 0.25) is 5.91 Å². The van der Waals surface area contributed by atoms with E-state index >= 15 is 0 Å². The summed E-state index contributed by atoms with van der Waals surface area (Å²) in [4.78, 5) is 25.1. The Bertz CT molecular complexity index is 1630. The van der Waals surface area contributed by atoms with Gasteiger partial charge >= 0.3 is 5.97 Å². The van der Waals surface area contributed by atoms with Gasteiger partial charge in [0.1, 0.15) is 24.4 Å². The quantitative estimate of drug-likeness (QED) is 0.0195. The molecule has 1 amide bonds. The maximum absolute atomic E-state index is 13.0. The largest absolute Gasteiger partial charge is 0.466 e. The van der Waals surface area contributed by atoms with Gasteiger partial charge in [-0.3, -0.25) is 9.59 Å². The van der Waals surface area contributed by atoms with Crippen molar-refractivity contribution in [3.05, 3.63) is 60.8 Å². The first-order valence-electron chi connectivity index (χ1n) is 37.0. The van der Waals surface area contributed by atoms with Gasteiger partial charge in [-0.15, -0.1) is 0 Å². The number of aliphatic hydroxyl groups is 5. The fourth-order valence-corrected chi connectivity index (χ4v) is 11.6. The second-order valence-electron chi connectivity index (χ2n) is 25.6. The zero-order valence-corrected chi connectivity index (χ0v) is 56.5. The average Bonchev–Trinajstić information content (AvgIpc) is 3.18. The summed E-state index contributed by atoms with van der Waals surface area (Å²) in [6, 6.07) is -0.832. The summed E-state index contributed by atoms with van der Waals surface area (Å²) in [7, 11) is 0. The topological polar surface area (TPSA) is 175 Å². The highest BCUT2D eigenvalue weighted by atomic mass is 16.7. The molecule has 1 aliphatic rings. The smallest absolute Gasteiger partial charge is 0.305 e. The Kier molecular flexibility index (Phi) is 61.4. The fraction of sp³-hybridized carbons (Fsp3) is 0.842. The number of carbonyl (C=O) groups is 2. The molecule has 7 unspecified atom stereocenters. The molecule has 0 radical (unpaired) electrons. The van der Waals surface area contributed by atoms with Crippen molar-refractivity contribution in [1.29, 1.82) is 0 Å². The first-order valence-corrected chi connectivity index (χ1v) is 37.0. The van der Waals surface area contributed by atoms with Gasteiger partial charge in [0.15, 0.2) is 6.29 Å². The van der Waals surface area contributed by atoms with Crippen LogP contribution >= 0.6 is 0 Å². The van der Waals surface area contributed by atoms with Gasteiger partial charge in [0, 0.05) is 12.8 Å². The fourth-order valence-electron chi connectivity index (χ4n) is 11.6. The Balaban J connectivity index is 1.88. The molecule has 1 fully saturated rings. The third-order valence-corrected chi connectivity index (χ3v) is 17.4. The van der Waals surface area contributed by atoms with Gasteiger partial charge in [-0.25, -0.2) is 0 Å². The number of ether oxygens (including phenoxy) is 3. The maximum Gasteiger partial charge on any atom is 0.305 e. The molecular formula is C76H139NO10. The highest BCUT2D eigenvalue weighted by Crippen LogP contribution is 2.23. The molecule has 0 aromatic carbocycles. The number of allylic oxidation sites excluding steroid dienone is 9.